The van der Waals surface area contributed by atoms with E-state index >= 15 is 0 Å². The third-order valence-corrected chi connectivity index (χ3v) is 3.58. The molecule has 21 heavy (non-hydrogen) atoms. The summed E-state index contributed by atoms with van der Waals surface area (Å²) in [6.45, 7) is -0.494. The molecule has 3 rings (SSSR count). The van der Waals surface area contributed by atoms with Gasteiger partial charge in [0.1, 0.15) is 18.3 Å². The average molecular weight is 313 g/mol. The summed E-state index contributed by atoms with van der Waals surface area (Å²) < 4.78 is 5.34. The van der Waals surface area contributed by atoms with Crippen LogP contribution in [-0.2, 0) is 9.53 Å². The number of nitrogens with one attached hydrogen (secondary N) is 2. The van der Waals surface area contributed by atoms with E-state index in [0.29, 0.717) is 0 Å². The van der Waals surface area contributed by atoms with Crippen LogP contribution < -0.4 is 5.32 Å². The van der Waals surface area contributed by atoms with Gasteiger partial charge in [0, 0.05) is 0 Å². The summed E-state index contributed by atoms with van der Waals surface area (Å²) in [5, 5.41) is 38.4. The lowest BCUT2D eigenvalue weighted by Gasteiger charge is -2.28. The third-order valence-electron chi connectivity index (χ3n) is 3.29. The number of ether oxygens (including phenoxy) is 1. The molecule has 11 heteroatoms. The van der Waals surface area contributed by atoms with E-state index in [2.05, 4.69) is 15.3 Å². The largest absolute Gasteiger partial charge is 0.394 e. The molecule has 3 aliphatic rings. The van der Waals surface area contributed by atoms with Gasteiger partial charge in [-0.1, -0.05) is 0 Å². The topological polar surface area (TPSA) is 151 Å². The van der Waals surface area contributed by atoms with Crippen LogP contribution in [0.1, 0.15) is 0 Å². The van der Waals surface area contributed by atoms with E-state index in [0.717, 1.165) is 4.90 Å². The number of guanidine groups is 1. The van der Waals surface area contributed by atoms with Crippen LogP contribution in [0.2, 0.25) is 0 Å². The van der Waals surface area contributed by atoms with Crippen molar-refractivity contribution in [3.05, 3.63) is 0 Å². The molecule has 0 radical (unpaired) electrons. The Balaban J connectivity index is 1.95. The van der Waals surface area contributed by atoms with E-state index in [1.165, 1.54) is 0 Å². The third kappa shape index (κ3) is 2.06. The minimum atomic E-state index is -1.38. The Labute approximate surface area is 123 Å². The van der Waals surface area contributed by atoms with E-state index in [1.807, 2.05) is 0 Å². The summed E-state index contributed by atoms with van der Waals surface area (Å²) in [7, 11) is 0. The Kier molecular flexibility index (Phi) is 3.30. The number of aliphatic hydroxyl groups excluding tert-OH is 3. The molecule has 3 heterocycles. The van der Waals surface area contributed by atoms with Gasteiger partial charge in [-0.25, -0.2) is 4.99 Å². The molecule has 3 aliphatic heterocycles. The summed E-state index contributed by atoms with van der Waals surface area (Å²) in [6, 6.07) is 0. The van der Waals surface area contributed by atoms with Crippen molar-refractivity contribution in [2.75, 3.05) is 6.61 Å². The Morgan fingerprint density at radius 3 is 2.71 bits per heavy atom. The summed E-state index contributed by atoms with van der Waals surface area (Å²) in [5.41, 5.74) is -0.0891. The van der Waals surface area contributed by atoms with Crippen LogP contribution in [0.4, 0.5) is 0 Å². The molecule has 1 saturated heterocycles. The highest BCUT2D eigenvalue weighted by atomic mass is 32.1. The normalized spacial score (nSPS) is 35.6. The van der Waals surface area contributed by atoms with E-state index in [9.17, 15) is 15.0 Å². The maximum absolute atomic E-state index is 11.7. The standard InChI is InChI=1S/C10H11N5O5S/c11-9-13-6-3(7(19)14-9)12-10(21)15(6)8-5(18)4(17)2(1-16)20-8/h2,4-5,8,16-18H,1H2,(H2,11,14,19)/t2-,4+,5+,8+/m0/s1. The molecular weight excluding hydrogens is 302 g/mol. The number of nitrogens with zero attached hydrogens (tertiary/aromatic N) is 3. The van der Waals surface area contributed by atoms with Gasteiger partial charge in [0.2, 0.25) is 11.1 Å². The van der Waals surface area contributed by atoms with Crippen LogP contribution in [0.15, 0.2) is 9.98 Å². The van der Waals surface area contributed by atoms with Crippen LogP contribution in [0, 0.1) is 5.41 Å². The zero-order valence-electron chi connectivity index (χ0n) is 10.4. The Bertz CT molecular complexity index is 605. The molecule has 112 valence electrons. The van der Waals surface area contributed by atoms with Crippen molar-refractivity contribution in [3.63, 3.8) is 0 Å². The second-order valence-electron chi connectivity index (χ2n) is 4.58. The molecule has 0 spiro atoms. The lowest BCUT2D eigenvalue weighted by atomic mass is 10.1. The highest BCUT2D eigenvalue weighted by molar-refractivity contribution is 7.80. The Morgan fingerprint density at radius 2 is 2.10 bits per heavy atom. The second kappa shape index (κ2) is 4.89. The van der Waals surface area contributed by atoms with Gasteiger partial charge in [-0.2, -0.15) is 4.99 Å². The second-order valence-corrected chi connectivity index (χ2v) is 4.95. The van der Waals surface area contributed by atoms with Crippen molar-refractivity contribution in [1.29, 1.82) is 5.41 Å². The lowest BCUT2D eigenvalue weighted by molar-refractivity contribution is -0.113. The molecule has 4 atom stereocenters. The number of hydrogen-bond acceptors (Lipinski definition) is 7. The minimum Gasteiger partial charge on any atom is -0.394 e. The first kappa shape index (κ1) is 14.2. The number of aliphatic imine (C=N–C) groups is 2. The van der Waals surface area contributed by atoms with Crippen molar-refractivity contribution in [2.45, 2.75) is 24.5 Å². The number of aliphatic hydroxyl groups is 3. The molecule has 0 saturated carbocycles. The molecule has 0 aromatic carbocycles. The number of amidine groups is 1. The summed E-state index contributed by atoms with van der Waals surface area (Å²) in [6.07, 6.45) is -4.83. The number of hydrogen-bond donors (Lipinski definition) is 5. The predicted octanol–water partition coefficient (Wildman–Crippen LogP) is -3.07. The number of carbonyl (C=O) groups is 1. The summed E-state index contributed by atoms with van der Waals surface area (Å²) >= 11 is 5.02. The molecule has 0 aromatic rings. The molecule has 1 amide bonds. The minimum absolute atomic E-state index is 0.0245. The average Bonchev–Trinajstić information content (AvgIpc) is 2.89. The maximum atomic E-state index is 11.7. The smallest absolute Gasteiger partial charge is 0.280 e. The zero-order chi connectivity index (χ0) is 15.3. The Hall–Kier alpha value is -1.79. The van der Waals surface area contributed by atoms with Gasteiger partial charge in [0.25, 0.3) is 5.91 Å². The first-order valence-corrected chi connectivity index (χ1v) is 6.38. The van der Waals surface area contributed by atoms with Gasteiger partial charge in [0.15, 0.2) is 17.8 Å². The fourth-order valence-electron chi connectivity index (χ4n) is 2.29. The molecule has 1 fully saturated rings. The highest BCUT2D eigenvalue weighted by Crippen LogP contribution is 2.27. The number of thiocarbonyl (C=S) groups is 1. The van der Waals surface area contributed by atoms with E-state index < -0.39 is 43.0 Å². The molecule has 0 aliphatic carbocycles. The van der Waals surface area contributed by atoms with Crippen LogP contribution >= 0.6 is 12.2 Å². The first-order chi connectivity index (χ1) is 9.93. The highest BCUT2D eigenvalue weighted by Gasteiger charge is 2.50. The Morgan fingerprint density at radius 1 is 1.38 bits per heavy atom. The van der Waals surface area contributed by atoms with Crippen LogP contribution in [-0.4, -0.2) is 79.9 Å². The lowest BCUT2D eigenvalue weighted by Crippen LogP contribution is -2.53. The van der Waals surface area contributed by atoms with E-state index in [1.54, 1.807) is 0 Å². The van der Waals surface area contributed by atoms with Crippen LogP contribution in [0.5, 0.6) is 0 Å². The number of rotatable bonds is 2. The monoisotopic (exact) mass is 313 g/mol. The van der Waals surface area contributed by atoms with E-state index in [4.69, 9.17) is 27.5 Å². The van der Waals surface area contributed by atoms with Crippen molar-refractivity contribution in [3.8, 4) is 0 Å². The quantitative estimate of drug-likeness (QED) is 0.339. The van der Waals surface area contributed by atoms with Gasteiger partial charge in [-0.05, 0) is 12.2 Å². The summed E-state index contributed by atoms with van der Waals surface area (Å²) in [5.74, 6) is -1.06. The van der Waals surface area contributed by atoms with Gasteiger partial charge in [-0.15, -0.1) is 0 Å². The number of carbonyl (C=O) groups excluding carboxylic acids is 1. The predicted molar refractivity (Wildman–Crippen MR) is 72.9 cm³/mol. The fourth-order valence-corrected chi connectivity index (χ4v) is 2.57. The van der Waals surface area contributed by atoms with Crippen molar-refractivity contribution < 1.29 is 24.9 Å². The van der Waals surface area contributed by atoms with E-state index in [-0.39, 0.29) is 16.7 Å². The molecule has 5 N–H and O–H groups in total. The van der Waals surface area contributed by atoms with Crippen molar-refractivity contribution in [1.82, 2.24) is 10.2 Å². The number of amides is 1. The molecule has 10 nitrogen and oxygen atoms in total. The van der Waals surface area contributed by atoms with Crippen molar-refractivity contribution in [2.24, 2.45) is 9.98 Å². The maximum Gasteiger partial charge on any atom is 0.280 e. The van der Waals surface area contributed by atoms with Crippen molar-refractivity contribution >= 4 is 40.7 Å². The van der Waals surface area contributed by atoms with Gasteiger partial charge in [0.05, 0.1) is 6.61 Å². The SMILES string of the molecule is N=C1N=C2C(=NC(=S)N2[C@@H]2O[C@@H](CO)[C@@H](O)[C@H]2O)C(=O)N1. The van der Waals surface area contributed by atoms with Gasteiger partial charge in [-0.3, -0.25) is 20.4 Å². The number of fused-ring (bicyclic) bond motifs is 1. The van der Waals surface area contributed by atoms with Crippen LogP contribution in [0.3, 0.4) is 0 Å². The van der Waals surface area contributed by atoms with Gasteiger partial charge >= 0.3 is 0 Å². The summed E-state index contributed by atoms with van der Waals surface area (Å²) in [4.78, 5) is 20.6. The first-order valence-electron chi connectivity index (χ1n) is 5.97. The molecular formula is C10H11N5O5S. The fraction of sp³-hybridized carbons (Fsp3) is 0.500. The molecule has 0 unspecified atom stereocenters. The zero-order valence-corrected chi connectivity index (χ0v) is 11.2. The van der Waals surface area contributed by atoms with Crippen LogP contribution in [0.25, 0.3) is 0 Å². The van der Waals surface area contributed by atoms with Gasteiger partial charge < -0.3 is 20.1 Å². The molecule has 0 aromatic heterocycles. The molecule has 0 bridgehead atoms.